The van der Waals surface area contributed by atoms with Crippen LogP contribution in [0.5, 0.6) is 0 Å². The monoisotopic (exact) mass is 439 g/mol. The Labute approximate surface area is 170 Å². The Balaban J connectivity index is 2.04. The van der Waals surface area contributed by atoms with E-state index in [1.54, 1.807) is 13.0 Å². The maximum absolute atomic E-state index is 13.3. The van der Waals surface area contributed by atoms with Gasteiger partial charge >= 0.3 is 6.18 Å². The van der Waals surface area contributed by atoms with E-state index in [4.69, 9.17) is 23.2 Å². The summed E-state index contributed by atoms with van der Waals surface area (Å²) in [5.74, 6) is -0.145. The minimum atomic E-state index is -4.72. The fourth-order valence-electron chi connectivity index (χ4n) is 2.89. The number of pyridine rings is 1. The second kappa shape index (κ2) is 6.85. The molecule has 0 radical (unpaired) electrons. The van der Waals surface area contributed by atoms with Crippen LogP contribution < -0.4 is 5.56 Å². The highest BCUT2D eigenvalue weighted by atomic mass is 35.5. The van der Waals surface area contributed by atoms with Crippen molar-refractivity contribution in [1.82, 2.24) is 24.7 Å². The molecule has 0 saturated carbocycles. The first-order valence-corrected chi connectivity index (χ1v) is 8.89. The number of nitrogens with zero attached hydrogens (tertiary/aromatic N) is 4. The van der Waals surface area contributed by atoms with Crippen molar-refractivity contribution in [2.45, 2.75) is 13.1 Å². The van der Waals surface area contributed by atoms with Crippen LogP contribution in [0.2, 0.25) is 10.0 Å². The van der Waals surface area contributed by atoms with E-state index >= 15 is 0 Å². The third-order valence-electron chi connectivity index (χ3n) is 4.17. The first-order valence-electron chi connectivity index (χ1n) is 8.14. The fourth-order valence-corrected chi connectivity index (χ4v) is 3.36. The number of aryl methyl sites for hydroxylation is 1. The average Bonchev–Trinajstić information content (AvgIpc) is 3.08. The minimum Gasteiger partial charge on any atom is -0.337 e. The summed E-state index contributed by atoms with van der Waals surface area (Å²) in [5.41, 5.74) is -0.909. The number of halogens is 5. The molecule has 0 atom stereocenters. The van der Waals surface area contributed by atoms with E-state index in [0.717, 1.165) is 10.7 Å². The molecule has 4 rings (SSSR count). The standard InChI is InChI=1S/C18H10Cl2F3N5O/c1-8-5-9(19)6-10-14(8)25-15(26-17(10)29)12-7-13(18(21,22)23)27-28(12)16-11(20)3-2-4-24-16/h2-7H,1H3,(H,25,26,29). The molecule has 0 aliphatic rings. The quantitative estimate of drug-likeness (QED) is 0.486. The van der Waals surface area contributed by atoms with Crippen LogP contribution >= 0.6 is 23.2 Å². The van der Waals surface area contributed by atoms with Gasteiger partial charge in [-0.2, -0.15) is 23.3 Å². The summed E-state index contributed by atoms with van der Waals surface area (Å²) >= 11 is 12.1. The third kappa shape index (κ3) is 3.47. The molecule has 29 heavy (non-hydrogen) atoms. The van der Waals surface area contributed by atoms with Gasteiger partial charge in [0.05, 0.1) is 15.9 Å². The van der Waals surface area contributed by atoms with Gasteiger partial charge < -0.3 is 4.98 Å². The summed E-state index contributed by atoms with van der Waals surface area (Å²) in [6.45, 7) is 1.71. The van der Waals surface area contributed by atoms with Crippen LogP contribution in [-0.2, 0) is 6.18 Å². The van der Waals surface area contributed by atoms with Crippen LogP contribution in [-0.4, -0.2) is 24.7 Å². The molecule has 0 amide bonds. The van der Waals surface area contributed by atoms with Gasteiger partial charge in [0.15, 0.2) is 17.3 Å². The van der Waals surface area contributed by atoms with Crippen molar-refractivity contribution in [2.24, 2.45) is 0 Å². The molecule has 0 unspecified atom stereocenters. The van der Waals surface area contributed by atoms with E-state index in [1.165, 1.54) is 24.4 Å². The lowest BCUT2D eigenvalue weighted by Gasteiger charge is -2.09. The van der Waals surface area contributed by atoms with Crippen LogP contribution in [0.25, 0.3) is 28.2 Å². The van der Waals surface area contributed by atoms with Gasteiger partial charge in [-0.3, -0.25) is 4.79 Å². The summed E-state index contributed by atoms with van der Waals surface area (Å²) in [5, 5.41) is 4.24. The Bertz CT molecular complexity index is 1310. The molecule has 3 aromatic heterocycles. The number of fused-ring (bicyclic) bond motifs is 1. The van der Waals surface area contributed by atoms with Gasteiger partial charge in [0.2, 0.25) is 0 Å². The number of rotatable bonds is 2. The lowest BCUT2D eigenvalue weighted by molar-refractivity contribution is -0.141. The molecule has 4 aromatic rings. The topological polar surface area (TPSA) is 76.5 Å². The van der Waals surface area contributed by atoms with Gasteiger partial charge in [-0.25, -0.2) is 9.67 Å². The van der Waals surface area contributed by atoms with Crippen molar-refractivity contribution in [3.8, 4) is 17.3 Å². The molecule has 148 valence electrons. The summed E-state index contributed by atoms with van der Waals surface area (Å²) in [6, 6.07) is 6.83. The highest BCUT2D eigenvalue weighted by molar-refractivity contribution is 6.32. The number of hydrogen-bond acceptors (Lipinski definition) is 4. The number of H-pyrrole nitrogens is 1. The highest BCUT2D eigenvalue weighted by Gasteiger charge is 2.36. The molecule has 1 N–H and O–H groups in total. The maximum atomic E-state index is 13.3. The van der Waals surface area contributed by atoms with E-state index in [1.807, 2.05) is 0 Å². The van der Waals surface area contributed by atoms with E-state index in [9.17, 15) is 18.0 Å². The molecule has 3 heterocycles. The van der Waals surface area contributed by atoms with Crippen LogP contribution in [0.15, 0.2) is 41.3 Å². The Morgan fingerprint density at radius 2 is 1.93 bits per heavy atom. The molecular formula is C18H10Cl2F3N5O. The van der Waals surface area contributed by atoms with E-state index < -0.39 is 17.4 Å². The van der Waals surface area contributed by atoms with Crippen LogP contribution in [0.4, 0.5) is 13.2 Å². The Morgan fingerprint density at radius 3 is 2.62 bits per heavy atom. The zero-order valence-electron chi connectivity index (χ0n) is 14.6. The maximum Gasteiger partial charge on any atom is 0.435 e. The van der Waals surface area contributed by atoms with E-state index in [0.29, 0.717) is 16.1 Å². The zero-order valence-corrected chi connectivity index (χ0v) is 16.1. The predicted octanol–water partition coefficient (Wildman–Crippen LogP) is 4.80. The predicted molar refractivity (Wildman–Crippen MR) is 102 cm³/mol. The van der Waals surface area contributed by atoms with Gasteiger partial charge in [0.1, 0.15) is 5.69 Å². The van der Waals surface area contributed by atoms with Crippen LogP contribution in [0.3, 0.4) is 0 Å². The normalized spacial score (nSPS) is 11.9. The summed E-state index contributed by atoms with van der Waals surface area (Å²) in [7, 11) is 0. The Morgan fingerprint density at radius 1 is 1.17 bits per heavy atom. The number of hydrogen-bond donors (Lipinski definition) is 1. The van der Waals surface area contributed by atoms with Crippen molar-refractivity contribution >= 4 is 34.1 Å². The summed E-state index contributed by atoms with van der Waals surface area (Å²) in [4.78, 5) is 23.3. The summed E-state index contributed by atoms with van der Waals surface area (Å²) in [6.07, 6.45) is -3.36. The lowest BCUT2D eigenvalue weighted by Crippen LogP contribution is -2.12. The Hall–Kier alpha value is -2.91. The Kier molecular flexibility index (Phi) is 4.59. The molecule has 0 bridgehead atoms. The first-order chi connectivity index (χ1) is 13.6. The van der Waals surface area contributed by atoms with Gasteiger partial charge in [-0.05, 0) is 36.8 Å². The zero-order chi connectivity index (χ0) is 20.9. The number of aromatic nitrogens is 5. The van der Waals surface area contributed by atoms with Crippen LogP contribution in [0, 0.1) is 6.92 Å². The number of benzene rings is 1. The summed E-state index contributed by atoms with van der Waals surface area (Å²) < 4.78 is 40.9. The molecule has 0 aliphatic heterocycles. The third-order valence-corrected chi connectivity index (χ3v) is 4.68. The SMILES string of the molecule is Cc1cc(Cl)cc2c(=O)nc(-c3cc(C(F)(F)F)nn3-c3ncccc3Cl)[nH]c12. The van der Waals surface area contributed by atoms with E-state index in [-0.39, 0.29) is 27.7 Å². The molecule has 0 aliphatic carbocycles. The van der Waals surface area contributed by atoms with Gasteiger partial charge in [0, 0.05) is 17.3 Å². The van der Waals surface area contributed by atoms with Gasteiger partial charge in [-0.15, -0.1) is 0 Å². The van der Waals surface area contributed by atoms with Gasteiger partial charge in [-0.1, -0.05) is 23.2 Å². The highest BCUT2D eigenvalue weighted by Crippen LogP contribution is 2.33. The second-order valence-electron chi connectivity index (χ2n) is 6.17. The molecule has 1 aromatic carbocycles. The van der Waals surface area contributed by atoms with Crippen molar-refractivity contribution in [3.05, 3.63) is 68.2 Å². The number of alkyl halides is 3. The molecule has 0 spiro atoms. The van der Waals surface area contributed by atoms with Crippen LogP contribution in [0.1, 0.15) is 11.3 Å². The fraction of sp³-hybridized carbons (Fsp3) is 0.111. The van der Waals surface area contributed by atoms with Crippen molar-refractivity contribution in [3.63, 3.8) is 0 Å². The number of nitrogens with one attached hydrogen (secondary N) is 1. The smallest absolute Gasteiger partial charge is 0.337 e. The van der Waals surface area contributed by atoms with Crippen molar-refractivity contribution in [2.75, 3.05) is 0 Å². The van der Waals surface area contributed by atoms with Gasteiger partial charge in [0.25, 0.3) is 5.56 Å². The van der Waals surface area contributed by atoms with Crippen molar-refractivity contribution in [1.29, 1.82) is 0 Å². The molecular weight excluding hydrogens is 430 g/mol. The molecule has 0 fully saturated rings. The first kappa shape index (κ1) is 19.4. The number of aromatic amines is 1. The average molecular weight is 440 g/mol. The van der Waals surface area contributed by atoms with E-state index in [2.05, 4.69) is 20.1 Å². The molecule has 0 saturated heterocycles. The largest absolute Gasteiger partial charge is 0.435 e. The molecule has 6 nitrogen and oxygen atoms in total. The lowest BCUT2D eigenvalue weighted by atomic mass is 10.1. The second-order valence-corrected chi connectivity index (χ2v) is 7.01. The minimum absolute atomic E-state index is 0.0322. The van der Waals surface area contributed by atoms with Crippen molar-refractivity contribution < 1.29 is 13.2 Å². The molecule has 11 heteroatoms.